The summed E-state index contributed by atoms with van der Waals surface area (Å²) in [5.41, 5.74) is 6.69. The molecule has 1 aromatic carbocycles. The molecule has 0 bridgehead atoms. The molecule has 13 heavy (non-hydrogen) atoms. The van der Waals surface area contributed by atoms with Crippen LogP contribution in [0.1, 0.15) is 5.56 Å². The Hall–Kier alpha value is -1.16. The zero-order chi connectivity index (χ0) is 9.84. The summed E-state index contributed by atoms with van der Waals surface area (Å²) in [6.45, 7) is 0. The molecular weight excluding hydrogens is 186 g/mol. The summed E-state index contributed by atoms with van der Waals surface area (Å²) in [6, 6.07) is 5.15. The topological polar surface area (TPSA) is 58.6 Å². The van der Waals surface area contributed by atoms with Gasteiger partial charge < -0.3 is 10.9 Å². The fraction of sp³-hybridized carbons (Fsp3) is 0.125. The third-order valence-electron chi connectivity index (χ3n) is 1.58. The van der Waals surface area contributed by atoms with Gasteiger partial charge in [-0.1, -0.05) is 34.4 Å². The van der Waals surface area contributed by atoms with Crippen LogP contribution in [0, 0.1) is 0 Å². The first-order valence-electron chi connectivity index (χ1n) is 3.64. The molecule has 2 radical (unpaired) electrons. The van der Waals surface area contributed by atoms with E-state index < -0.39 is 0 Å². The molecule has 0 atom stereocenters. The molecular formula is C8H8BClN2O. The second-order valence-electron chi connectivity index (χ2n) is 2.62. The number of nitrogens with zero attached hydrogens (tertiary/aromatic N) is 1. The van der Waals surface area contributed by atoms with E-state index in [2.05, 4.69) is 5.16 Å². The molecule has 3 N–H and O–H groups in total. The number of amidine groups is 1. The maximum atomic E-state index is 8.33. The Bertz CT molecular complexity index is 341. The van der Waals surface area contributed by atoms with Crippen LogP contribution in [0.25, 0.3) is 0 Å². The second-order valence-corrected chi connectivity index (χ2v) is 3.03. The van der Waals surface area contributed by atoms with Crippen LogP contribution in [0.2, 0.25) is 5.02 Å². The van der Waals surface area contributed by atoms with Gasteiger partial charge in [-0.15, -0.1) is 0 Å². The number of nitrogens with two attached hydrogens (primary N) is 1. The molecule has 0 saturated carbocycles. The lowest BCUT2D eigenvalue weighted by molar-refractivity contribution is 0.317. The molecule has 0 spiro atoms. The standard InChI is InChI=1S/C8H8BClN2O/c9-6-2-1-5(3-7(6)10)4-8(11)12-13/h1-3,13H,4H2,(H2,11,12). The van der Waals surface area contributed by atoms with Gasteiger partial charge in [0.25, 0.3) is 0 Å². The summed E-state index contributed by atoms with van der Waals surface area (Å²) in [5.74, 6) is 0.140. The Morgan fingerprint density at radius 3 is 2.85 bits per heavy atom. The van der Waals surface area contributed by atoms with Crippen LogP contribution in [0.15, 0.2) is 23.4 Å². The minimum atomic E-state index is 0.140. The number of benzene rings is 1. The molecule has 0 heterocycles. The van der Waals surface area contributed by atoms with Crippen molar-refractivity contribution in [3.8, 4) is 0 Å². The zero-order valence-corrected chi connectivity index (χ0v) is 7.62. The minimum absolute atomic E-state index is 0.140. The van der Waals surface area contributed by atoms with Gasteiger partial charge in [-0.25, -0.2) is 0 Å². The van der Waals surface area contributed by atoms with Crippen molar-refractivity contribution in [2.45, 2.75) is 6.42 Å². The average molecular weight is 194 g/mol. The highest BCUT2D eigenvalue weighted by Gasteiger charge is 1.99. The van der Waals surface area contributed by atoms with Crippen molar-refractivity contribution in [1.29, 1.82) is 0 Å². The van der Waals surface area contributed by atoms with Gasteiger partial charge in [-0.2, -0.15) is 0 Å². The van der Waals surface area contributed by atoms with Gasteiger partial charge in [0.1, 0.15) is 13.7 Å². The summed E-state index contributed by atoms with van der Waals surface area (Å²) in [6.07, 6.45) is 0.358. The molecule has 3 nitrogen and oxygen atoms in total. The highest BCUT2D eigenvalue weighted by molar-refractivity contribution is 6.45. The van der Waals surface area contributed by atoms with Crippen molar-refractivity contribution >= 4 is 30.7 Å². The van der Waals surface area contributed by atoms with E-state index in [0.717, 1.165) is 5.56 Å². The predicted octanol–water partition coefficient (Wildman–Crippen LogP) is 0.423. The molecule has 0 aliphatic carbocycles. The Balaban J connectivity index is 2.86. The van der Waals surface area contributed by atoms with Gasteiger partial charge in [0.15, 0.2) is 0 Å². The molecule has 1 aromatic rings. The lowest BCUT2D eigenvalue weighted by Crippen LogP contribution is -2.15. The van der Waals surface area contributed by atoms with Crippen molar-refractivity contribution in [2.75, 3.05) is 0 Å². The van der Waals surface area contributed by atoms with Crippen molar-refractivity contribution in [2.24, 2.45) is 10.9 Å². The number of hydrogen-bond acceptors (Lipinski definition) is 2. The average Bonchev–Trinajstić information content (AvgIpc) is 2.11. The highest BCUT2D eigenvalue weighted by Crippen LogP contribution is 2.08. The van der Waals surface area contributed by atoms with Crippen LogP contribution in [-0.2, 0) is 6.42 Å². The molecule has 0 fully saturated rings. The van der Waals surface area contributed by atoms with E-state index >= 15 is 0 Å². The molecule has 0 aliphatic rings. The number of halogens is 1. The molecule has 0 aromatic heterocycles. The van der Waals surface area contributed by atoms with Crippen molar-refractivity contribution in [3.63, 3.8) is 0 Å². The van der Waals surface area contributed by atoms with Gasteiger partial charge in [0.05, 0.1) is 0 Å². The van der Waals surface area contributed by atoms with E-state index in [-0.39, 0.29) is 5.84 Å². The number of hydrogen-bond donors (Lipinski definition) is 2. The van der Waals surface area contributed by atoms with Gasteiger partial charge in [0.2, 0.25) is 0 Å². The summed E-state index contributed by atoms with van der Waals surface area (Å²) >= 11 is 5.77. The van der Waals surface area contributed by atoms with Crippen LogP contribution in [0.4, 0.5) is 0 Å². The lowest BCUT2D eigenvalue weighted by atomic mass is 9.94. The highest BCUT2D eigenvalue weighted by atomic mass is 35.5. The fourth-order valence-corrected chi connectivity index (χ4v) is 1.13. The van der Waals surface area contributed by atoms with Gasteiger partial charge >= 0.3 is 0 Å². The Morgan fingerprint density at radius 1 is 1.62 bits per heavy atom. The largest absolute Gasteiger partial charge is 0.409 e. The SMILES string of the molecule is [B]c1ccc(C/C(N)=N/O)cc1Cl. The molecule has 0 unspecified atom stereocenters. The Kier molecular flexibility index (Phi) is 3.20. The minimum Gasteiger partial charge on any atom is -0.409 e. The van der Waals surface area contributed by atoms with Crippen LogP contribution in [0.3, 0.4) is 0 Å². The first-order valence-corrected chi connectivity index (χ1v) is 4.01. The molecule has 0 amide bonds. The Morgan fingerprint density at radius 2 is 2.31 bits per heavy atom. The second kappa shape index (κ2) is 4.19. The van der Waals surface area contributed by atoms with Crippen molar-refractivity contribution in [1.82, 2.24) is 0 Å². The van der Waals surface area contributed by atoms with E-state index in [1.807, 2.05) is 0 Å². The maximum absolute atomic E-state index is 8.33. The van der Waals surface area contributed by atoms with E-state index in [4.69, 9.17) is 30.4 Å². The van der Waals surface area contributed by atoms with E-state index in [1.165, 1.54) is 0 Å². The van der Waals surface area contributed by atoms with Crippen molar-refractivity contribution < 1.29 is 5.21 Å². The normalized spacial score (nSPS) is 11.6. The monoisotopic (exact) mass is 194 g/mol. The molecule has 0 aliphatic heterocycles. The summed E-state index contributed by atoms with van der Waals surface area (Å²) in [5, 5.41) is 11.7. The van der Waals surface area contributed by atoms with Gasteiger partial charge in [-0.05, 0) is 11.6 Å². The van der Waals surface area contributed by atoms with Crippen LogP contribution < -0.4 is 11.2 Å². The molecule has 5 heteroatoms. The van der Waals surface area contributed by atoms with Crippen LogP contribution in [0.5, 0.6) is 0 Å². The predicted molar refractivity (Wildman–Crippen MR) is 54.0 cm³/mol. The summed E-state index contributed by atoms with van der Waals surface area (Å²) < 4.78 is 0. The van der Waals surface area contributed by atoms with Gasteiger partial charge in [0, 0.05) is 11.4 Å². The molecule has 1 rings (SSSR count). The fourth-order valence-electron chi connectivity index (χ4n) is 0.925. The van der Waals surface area contributed by atoms with Gasteiger partial charge in [-0.3, -0.25) is 0 Å². The number of oxime groups is 1. The Labute approximate surface area is 82.6 Å². The third kappa shape index (κ3) is 2.66. The summed E-state index contributed by atoms with van der Waals surface area (Å²) in [4.78, 5) is 0. The van der Waals surface area contributed by atoms with E-state index in [1.54, 1.807) is 18.2 Å². The lowest BCUT2D eigenvalue weighted by Gasteiger charge is -2.02. The smallest absolute Gasteiger partial charge is 0.143 e. The van der Waals surface area contributed by atoms with Crippen LogP contribution in [-0.4, -0.2) is 18.9 Å². The van der Waals surface area contributed by atoms with Crippen LogP contribution >= 0.6 is 11.6 Å². The zero-order valence-electron chi connectivity index (χ0n) is 6.87. The maximum Gasteiger partial charge on any atom is 0.143 e. The van der Waals surface area contributed by atoms with E-state index in [9.17, 15) is 0 Å². The first-order chi connectivity index (χ1) is 6.13. The molecule has 0 saturated heterocycles. The van der Waals surface area contributed by atoms with Crippen molar-refractivity contribution in [3.05, 3.63) is 28.8 Å². The number of rotatable bonds is 2. The summed E-state index contributed by atoms with van der Waals surface area (Å²) in [7, 11) is 5.51. The van der Waals surface area contributed by atoms with E-state index in [0.29, 0.717) is 16.9 Å². The third-order valence-corrected chi connectivity index (χ3v) is 1.91. The molecule has 66 valence electrons. The quantitative estimate of drug-likeness (QED) is 0.236. The first kappa shape index (κ1) is 9.93.